The Morgan fingerprint density at radius 3 is 2.71 bits per heavy atom. The molecule has 0 aliphatic heterocycles. The molecule has 1 atom stereocenters. The highest BCUT2D eigenvalue weighted by molar-refractivity contribution is 9.11. The van der Waals surface area contributed by atoms with Crippen molar-refractivity contribution < 1.29 is 0 Å². The second-order valence-electron chi connectivity index (χ2n) is 4.06. The standard InChI is InChI=1S/C11H14Br2S/c1-7-9(6-11(13)14-7)10(12)5-8-3-2-4-8/h6,8,10H,2-5H2,1H3. The fourth-order valence-corrected chi connectivity index (χ4v) is 4.85. The summed E-state index contributed by atoms with van der Waals surface area (Å²) in [4.78, 5) is 2.01. The van der Waals surface area contributed by atoms with Gasteiger partial charge in [-0.15, -0.1) is 11.3 Å². The Hall–Kier alpha value is 0.660. The van der Waals surface area contributed by atoms with Gasteiger partial charge in [-0.25, -0.2) is 0 Å². The van der Waals surface area contributed by atoms with Crippen molar-refractivity contribution in [3.63, 3.8) is 0 Å². The maximum Gasteiger partial charge on any atom is 0.0704 e. The second kappa shape index (κ2) is 4.67. The summed E-state index contributed by atoms with van der Waals surface area (Å²) in [5.74, 6) is 0.970. The molecule has 0 N–H and O–H groups in total. The van der Waals surface area contributed by atoms with Crippen LogP contribution < -0.4 is 0 Å². The third-order valence-electron chi connectivity index (χ3n) is 3.03. The zero-order valence-corrected chi connectivity index (χ0v) is 12.2. The first-order valence-corrected chi connectivity index (χ1v) is 7.59. The first-order valence-electron chi connectivity index (χ1n) is 5.06. The molecule has 1 saturated carbocycles. The number of hydrogen-bond acceptors (Lipinski definition) is 1. The van der Waals surface area contributed by atoms with Gasteiger partial charge >= 0.3 is 0 Å². The molecule has 1 fully saturated rings. The molecule has 0 saturated heterocycles. The van der Waals surface area contributed by atoms with Crippen LogP contribution in [0.5, 0.6) is 0 Å². The van der Waals surface area contributed by atoms with Crippen LogP contribution in [0.1, 0.15) is 41.0 Å². The van der Waals surface area contributed by atoms with Crippen LogP contribution in [0.3, 0.4) is 0 Å². The molecule has 78 valence electrons. The normalized spacial score (nSPS) is 19.4. The summed E-state index contributed by atoms with van der Waals surface area (Å²) in [6.07, 6.45) is 5.62. The van der Waals surface area contributed by atoms with E-state index in [0.29, 0.717) is 4.83 Å². The van der Waals surface area contributed by atoms with Crippen LogP contribution in [0.25, 0.3) is 0 Å². The van der Waals surface area contributed by atoms with Crippen molar-refractivity contribution in [2.45, 2.75) is 37.4 Å². The van der Waals surface area contributed by atoms with Gasteiger partial charge in [0.15, 0.2) is 0 Å². The van der Waals surface area contributed by atoms with Gasteiger partial charge in [-0.2, -0.15) is 0 Å². The Labute approximate surface area is 106 Å². The van der Waals surface area contributed by atoms with Crippen molar-refractivity contribution in [1.29, 1.82) is 0 Å². The van der Waals surface area contributed by atoms with E-state index in [1.54, 1.807) is 0 Å². The molecule has 1 aliphatic carbocycles. The molecule has 1 unspecified atom stereocenters. The van der Waals surface area contributed by atoms with E-state index in [0.717, 1.165) is 5.92 Å². The van der Waals surface area contributed by atoms with E-state index in [-0.39, 0.29) is 0 Å². The predicted molar refractivity (Wildman–Crippen MR) is 70.4 cm³/mol. The zero-order chi connectivity index (χ0) is 10.1. The van der Waals surface area contributed by atoms with Gasteiger partial charge in [0.25, 0.3) is 0 Å². The summed E-state index contributed by atoms with van der Waals surface area (Å²) in [5.41, 5.74) is 1.48. The van der Waals surface area contributed by atoms with Gasteiger partial charge < -0.3 is 0 Å². The molecule has 1 aliphatic rings. The van der Waals surface area contributed by atoms with Gasteiger partial charge in [-0.3, -0.25) is 0 Å². The Morgan fingerprint density at radius 2 is 2.29 bits per heavy atom. The second-order valence-corrected chi connectivity index (χ2v) is 7.80. The summed E-state index contributed by atoms with van der Waals surface area (Å²) in [6, 6.07) is 2.26. The molecule has 0 nitrogen and oxygen atoms in total. The zero-order valence-electron chi connectivity index (χ0n) is 8.22. The van der Waals surface area contributed by atoms with E-state index in [9.17, 15) is 0 Å². The van der Waals surface area contributed by atoms with Gasteiger partial charge in [0.2, 0.25) is 0 Å². The predicted octanol–water partition coefficient (Wildman–Crippen LogP) is 5.45. The van der Waals surface area contributed by atoms with Crippen LogP contribution in [0.4, 0.5) is 0 Å². The quantitative estimate of drug-likeness (QED) is 0.644. The van der Waals surface area contributed by atoms with Crippen molar-refractivity contribution in [1.82, 2.24) is 0 Å². The van der Waals surface area contributed by atoms with Crippen molar-refractivity contribution in [3.8, 4) is 0 Å². The smallest absolute Gasteiger partial charge is 0.0704 e. The molecule has 1 heterocycles. The molecule has 0 bridgehead atoms. The van der Waals surface area contributed by atoms with Gasteiger partial charge in [0, 0.05) is 9.70 Å². The number of hydrogen-bond donors (Lipinski definition) is 0. The minimum Gasteiger partial charge on any atom is -0.133 e. The summed E-state index contributed by atoms with van der Waals surface area (Å²) in [5, 5.41) is 0. The molecule has 2 rings (SSSR count). The monoisotopic (exact) mass is 336 g/mol. The topological polar surface area (TPSA) is 0 Å². The fraction of sp³-hybridized carbons (Fsp3) is 0.636. The van der Waals surface area contributed by atoms with Crippen LogP contribution in [-0.2, 0) is 0 Å². The van der Waals surface area contributed by atoms with Crippen LogP contribution in [-0.4, -0.2) is 0 Å². The lowest BCUT2D eigenvalue weighted by molar-refractivity contribution is 0.295. The molecule has 3 heteroatoms. The van der Waals surface area contributed by atoms with E-state index in [4.69, 9.17) is 0 Å². The molecule has 0 spiro atoms. The number of rotatable bonds is 3. The molecule has 14 heavy (non-hydrogen) atoms. The van der Waals surface area contributed by atoms with E-state index in [1.165, 1.54) is 39.9 Å². The fourth-order valence-electron chi connectivity index (χ4n) is 1.92. The van der Waals surface area contributed by atoms with Crippen LogP contribution in [0, 0.1) is 12.8 Å². The SMILES string of the molecule is Cc1sc(Br)cc1C(Br)CC1CCC1. The Balaban J connectivity index is 2.02. The lowest BCUT2D eigenvalue weighted by atomic mass is 9.81. The van der Waals surface area contributed by atoms with Gasteiger partial charge in [-0.05, 0) is 46.8 Å². The maximum atomic E-state index is 3.81. The first kappa shape index (κ1) is 11.2. The lowest BCUT2D eigenvalue weighted by Gasteiger charge is -2.27. The third-order valence-corrected chi connectivity index (χ3v) is 5.46. The van der Waals surface area contributed by atoms with Crippen LogP contribution in [0.15, 0.2) is 9.85 Å². The van der Waals surface area contributed by atoms with Crippen molar-refractivity contribution in [2.75, 3.05) is 0 Å². The lowest BCUT2D eigenvalue weighted by Crippen LogP contribution is -2.12. The van der Waals surface area contributed by atoms with Gasteiger partial charge in [-0.1, -0.05) is 35.2 Å². The van der Waals surface area contributed by atoms with E-state index >= 15 is 0 Å². The minimum atomic E-state index is 0.565. The maximum absolute atomic E-state index is 3.81. The molecule has 0 radical (unpaired) electrons. The van der Waals surface area contributed by atoms with Crippen molar-refractivity contribution >= 4 is 43.2 Å². The summed E-state index contributed by atoms with van der Waals surface area (Å²) in [7, 11) is 0. The minimum absolute atomic E-state index is 0.565. The van der Waals surface area contributed by atoms with Gasteiger partial charge in [0.05, 0.1) is 3.79 Å². The number of alkyl halides is 1. The number of aryl methyl sites for hydroxylation is 1. The molecular weight excluding hydrogens is 324 g/mol. The molecule has 1 aromatic rings. The van der Waals surface area contributed by atoms with E-state index < -0.39 is 0 Å². The van der Waals surface area contributed by atoms with Crippen LogP contribution in [0.2, 0.25) is 0 Å². The number of thiophene rings is 1. The van der Waals surface area contributed by atoms with E-state index in [2.05, 4.69) is 44.8 Å². The van der Waals surface area contributed by atoms with Crippen LogP contribution >= 0.6 is 43.2 Å². The molecule has 0 amide bonds. The highest BCUT2D eigenvalue weighted by Crippen LogP contribution is 2.42. The Bertz CT molecular complexity index is 315. The third kappa shape index (κ3) is 2.42. The van der Waals surface area contributed by atoms with Gasteiger partial charge in [0.1, 0.15) is 0 Å². The largest absolute Gasteiger partial charge is 0.133 e. The van der Waals surface area contributed by atoms with E-state index in [1.807, 2.05) is 11.3 Å². The average molecular weight is 338 g/mol. The molecule has 1 aromatic heterocycles. The van der Waals surface area contributed by atoms with Crippen molar-refractivity contribution in [3.05, 3.63) is 20.3 Å². The Kier molecular flexibility index (Phi) is 3.72. The summed E-state index contributed by atoms with van der Waals surface area (Å²) < 4.78 is 1.25. The average Bonchev–Trinajstić information content (AvgIpc) is 2.37. The summed E-state index contributed by atoms with van der Waals surface area (Å²) in [6.45, 7) is 2.21. The molecular formula is C11H14Br2S. The highest BCUT2D eigenvalue weighted by atomic mass is 79.9. The number of halogens is 2. The van der Waals surface area contributed by atoms with Crippen molar-refractivity contribution in [2.24, 2.45) is 5.92 Å². The summed E-state index contributed by atoms with van der Waals surface area (Å²) >= 11 is 9.19. The highest BCUT2D eigenvalue weighted by Gasteiger charge is 2.23. The first-order chi connectivity index (χ1) is 6.66. The Morgan fingerprint density at radius 1 is 1.57 bits per heavy atom. The molecule has 0 aromatic carbocycles.